The molecule has 1 aliphatic heterocycles. The van der Waals surface area contributed by atoms with Crippen molar-refractivity contribution in [2.24, 2.45) is 0 Å². The molecule has 1 saturated heterocycles. The van der Waals surface area contributed by atoms with Gasteiger partial charge in [-0.2, -0.15) is 5.53 Å². The van der Waals surface area contributed by atoms with E-state index in [4.69, 9.17) is 0 Å². The molecule has 0 amide bonds. The number of benzene rings is 2. The Morgan fingerprint density at radius 3 is 2.15 bits per heavy atom. The van der Waals surface area contributed by atoms with Crippen molar-refractivity contribution in [1.29, 1.82) is 0 Å². The number of aliphatic carboxylic acids is 1. The Bertz CT molecular complexity index is 897. The number of carboxylic acids is 1. The first-order chi connectivity index (χ1) is 12.7. The van der Waals surface area contributed by atoms with E-state index in [9.17, 15) is 9.90 Å². The monoisotopic (exact) mass is 347 g/mol. The molecule has 2 heterocycles. The van der Waals surface area contributed by atoms with Crippen LogP contribution in [-0.2, 0) is 4.79 Å². The first-order valence-corrected chi connectivity index (χ1v) is 8.18. The maximum atomic E-state index is 11.3. The fourth-order valence-electron chi connectivity index (χ4n) is 3.01. The summed E-state index contributed by atoms with van der Waals surface area (Å²) >= 11 is 0. The summed E-state index contributed by atoms with van der Waals surface area (Å²) in [5.74, 6) is -0.906. The van der Waals surface area contributed by atoms with Gasteiger partial charge in [0.2, 0.25) is 0 Å². The number of aromatic nitrogens is 2. The third-order valence-corrected chi connectivity index (χ3v) is 4.40. The number of nitrogens with zero attached hydrogens (tertiary/aromatic N) is 2. The highest BCUT2D eigenvalue weighted by molar-refractivity contribution is 5.75. The van der Waals surface area contributed by atoms with E-state index in [0.29, 0.717) is 0 Å². The van der Waals surface area contributed by atoms with Crippen molar-refractivity contribution in [2.75, 3.05) is 0 Å². The van der Waals surface area contributed by atoms with Crippen molar-refractivity contribution >= 4 is 5.97 Å². The molecule has 26 heavy (non-hydrogen) atoms. The molecule has 0 spiro atoms. The normalized spacial score (nSPS) is 19.4. The van der Waals surface area contributed by atoms with Crippen LogP contribution in [0.4, 0.5) is 0 Å². The smallest absolute Gasteiger partial charge is 0.324 e. The van der Waals surface area contributed by atoms with Gasteiger partial charge >= 0.3 is 5.97 Å². The topological polar surface area (TPSA) is 99.2 Å². The lowest BCUT2D eigenvalue weighted by molar-refractivity contribution is -0.139. The molecule has 4 rings (SSSR count). The fraction of sp³-hybridized carbons (Fsp3) is 0.105. The molecule has 4 N–H and O–H groups in total. The highest BCUT2D eigenvalue weighted by Gasteiger charge is 2.33. The van der Waals surface area contributed by atoms with Gasteiger partial charge in [0.1, 0.15) is 6.04 Å². The average Bonchev–Trinajstić information content (AvgIpc) is 3.19. The van der Waals surface area contributed by atoms with E-state index in [0.717, 1.165) is 27.9 Å². The Labute approximate surface area is 150 Å². The summed E-state index contributed by atoms with van der Waals surface area (Å²) in [5, 5.41) is 9.25. The van der Waals surface area contributed by atoms with Gasteiger partial charge in [0, 0.05) is 18.0 Å². The van der Waals surface area contributed by atoms with Gasteiger partial charge in [0.25, 0.3) is 0 Å². The van der Waals surface area contributed by atoms with Gasteiger partial charge < -0.3 is 5.11 Å². The zero-order valence-corrected chi connectivity index (χ0v) is 13.8. The van der Waals surface area contributed by atoms with Crippen LogP contribution >= 0.6 is 0 Å². The lowest BCUT2D eigenvalue weighted by atomic mass is 9.97. The minimum atomic E-state index is -0.906. The van der Waals surface area contributed by atoms with Gasteiger partial charge in [0.15, 0.2) is 0 Å². The maximum absolute atomic E-state index is 11.3. The molecule has 0 aliphatic carbocycles. The third-order valence-electron chi connectivity index (χ3n) is 4.40. The van der Waals surface area contributed by atoms with E-state index in [1.807, 2.05) is 48.5 Å². The number of hydrogen-bond acceptors (Lipinski definition) is 6. The predicted octanol–water partition coefficient (Wildman–Crippen LogP) is 1.92. The Morgan fingerprint density at radius 2 is 1.54 bits per heavy atom. The lowest BCUT2D eigenvalue weighted by Gasteiger charge is -2.15. The van der Waals surface area contributed by atoms with Crippen molar-refractivity contribution < 1.29 is 9.90 Å². The molecular formula is C19H17N5O2. The van der Waals surface area contributed by atoms with Gasteiger partial charge in [-0.05, 0) is 16.7 Å². The predicted molar refractivity (Wildman–Crippen MR) is 96.5 cm³/mol. The second-order valence-corrected chi connectivity index (χ2v) is 6.00. The molecule has 130 valence electrons. The highest BCUT2D eigenvalue weighted by atomic mass is 16.4. The van der Waals surface area contributed by atoms with Gasteiger partial charge in [-0.3, -0.25) is 14.8 Å². The third kappa shape index (κ3) is 3.18. The summed E-state index contributed by atoms with van der Waals surface area (Å²) in [4.78, 5) is 19.7. The van der Waals surface area contributed by atoms with Crippen LogP contribution in [0.2, 0.25) is 0 Å². The van der Waals surface area contributed by atoms with Crippen LogP contribution in [0.25, 0.3) is 22.4 Å². The molecule has 2 unspecified atom stereocenters. The number of nitrogens with one attached hydrogen (secondary N) is 3. The first-order valence-electron chi connectivity index (χ1n) is 8.18. The highest BCUT2D eigenvalue weighted by Crippen LogP contribution is 2.26. The van der Waals surface area contributed by atoms with E-state index in [1.165, 1.54) is 0 Å². The Morgan fingerprint density at radius 1 is 0.885 bits per heavy atom. The largest absolute Gasteiger partial charge is 0.480 e. The van der Waals surface area contributed by atoms with E-state index < -0.39 is 12.0 Å². The van der Waals surface area contributed by atoms with Crippen LogP contribution < -0.4 is 16.4 Å². The Balaban J connectivity index is 1.55. The van der Waals surface area contributed by atoms with Crippen LogP contribution in [0.3, 0.4) is 0 Å². The van der Waals surface area contributed by atoms with Crippen molar-refractivity contribution in [2.45, 2.75) is 12.1 Å². The van der Waals surface area contributed by atoms with E-state index in [2.05, 4.69) is 26.4 Å². The van der Waals surface area contributed by atoms with Crippen molar-refractivity contribution in [1.82, 2.24) is 26.4 Å². The molecule has 2 aromatic carbocycles. The van der Waals surface area contributed by atoms with Crippen LogP contribution in [0.15, 0.2) is 67.1 Å². The molecule has 7 nitrogen and oxygen atoms in total. The van der Waals surface area contributed by atoms with Gasteiger partial charge in [-0.15, -0.1) is 0 Å². The Kier molecular flexibility index (Phi) is 4.40. The van der Waals surface area contributed by atoms with Crippen LogP contribution in [0.1, 0.15) is 11.6 Å². The zero-order chi connectivity index (χ0) is 17.9. The molecule has 1 aromatic heterocycles. The van der Waals surface area contributed by atoms with Gasteiger partial charge in [-0.1, -0.05) is 48.5 Å². The molecular weight excluding hydrogens is 330 g/mol. The van der Waals surface area contributed by atoms with E-state index >= 15 is 0 Å². The number of hydrazine groups is 2. The summed E-state index contributed by atoms with van der Waals surface area (Å²) in [6.45, 7) is 0. The van der Waals surface area contributed by atoms with Crippen molar-refractivity contribution in [3.8, 4) is 22.4 Å². The zero-order valence-electron chi connectivity index (χ0n) is 13.8. The molecule has 0 bridgehead atoms. The second kappa shape index (κ2) is 7.01. The van der Waals surface area contributed by atoms with Crippen molar-refractivity contribution in [3.05, 3.63) is 72.7 Å². The quantitative estimate of drug-likeness (QED) is 0.572. The number of carboxylic acid groups (broad SMARTS) is 1. The fourth-order valence-corrected chi connectivity index (χ4v) is 3.01. The average molecular weight is 347 g/mol. The maximum Gasteiger partial charge on any atom is 0.324 e. The van der Waals surface area contributed by atoms with Crippen molar-refractivity contribution in [3.63, 3.8) is 0 Å². The minimum absolute atomic E-state index is 0.333. The molecule has 0 radical (unpaired) electrons. The van der Waals surface area contributed by atoms with Crippen LogP contribution in [0.5, 0.6) is 0 Å². The molecule has 1 fully saturated rings. The SMILES string of the molecule is O=C(O)C1NNNC1c1ccc(-c2ccc(-c3cnccn3)cc2)cc1. The number of hydrogen-bond donors (Lipinski definition) is 4. The molecule has 3 aromatic rings. The molecule has 7 heteroatoms. The minimum Gasteiger partial charge on any atom is -0.480 e. The molecule has 1 aliphatic rings. The van der Waals surface area contributed by atoms with E-state index in [-0.39, 0.29) is 6.04 Å². The summed E-state index contributed by atoms with van der Waals surface area (Å²) in [6, 6.07) is 14.9. The van der Waals surface area contributed by atoms with Gasteiger partial charge in [-0.25, -0.2) is 10.9 Å². The summed E-state index contributed by atoms with van der Waals surface area (Å²) in [5.41, 5.74) is 13.2. The first kappa shape index (κ1) is 16.3. The molecule has 2 atom stereocenters. The van der Waals surface area contributed by atoms with E-state index in [1.54, 1.807) is 18.6 Å². The summed E-state index contributed by atoms with van der Waals surface area (Å²) < 4.78 is 0. The molecule has 0 saturated carbocycles. The Hall–Kier alpha value is -3.13. The summed E-state index contributed by atoms with van der Waals surface area (Å²) in [7, 11) is 0. The van der Waals surface area contributed by atoms with Gasteiger partial charge in [0.05, 0.1) is 17.9 Å². The lowest BCUT2D eigenvalue weighted by Crippen LogP contribution is -2.38. The standard InChI is InChI=1S/C19H17N5O2/c25-19(26)18-17(22-24-23-18)15-7-3-13(4-8-15)12-1-5-14(6-2-12)16-11-20-9-10-21-16/h1-11,17-18,22-24H,(H,25,26). The second-order valence-electron chi connectivity index (χ2n) is 6.00. The van der Waals surface area contributed by atoms with Crippen LogP contribution in [0, 0.1) is 0 Å². The van der Waals surface area contributed by atoms with Crippen LogP contribution in [-0.4, -0.2) is 27.1 Å². The number of rotatable bonds is 4. The summed E-state index contributed by atoms with van der Waals surface area (Å²) in [6.07, 6.45) is 5.06. The number of carbonyl (C=O) groups is 1.